The molecule has 0 unspecified atom stereocenters. The Morgan fingerprint density at radius 2 is 0.880 bits per heavy atom. The van der Waals surface area contributed by atoms with Crippen LogP contribution in [0, 0.1) is 0 Å². The molecule has 2 aliphatic heterocycles. The van der Waals surface area contributed by atoms with Crippen molar-refractivity contribution in [3.63, 3.8) is 0 Å². The van der Waals surface area contributed by atoms with Gasteiger partial charge in [-0.3, -0.25) is 9.59 Å². The van der Waals surface area contributed by atoms with E-state index < -0.39 is 12.1 Å². The molecule has 2 amide bonds. The fraction of sp³-hybridized carbons (Fsp3) is 0.281. The molecule has 4 aromatic carbocycles. The number of carbonyl (C=O) groups is 2. The zero-order valence-electron chi connectivity index (χ0n) is 50.9. The van der Waals surface area contributed by atoms with Gasteiger partial charge in [0, 0.05) is 89.1 Å². The fourth-order valence-corrected chi connectivity index (χ4v) is 11.5. The van der Waals surface area contributed by atoms with Gasteiger partial charge in [-0.25, -0.2) is 19.3 Å². The second-order valence-corrected chi connectivity index (χ2v) is 21.5. The smallest absolute Gasteiger partial charge is 0.252 e. The largest absolute Gasteiger partial charge is 0.496 e. The topological polar surface area (TPSA) is 303 Å². The maximum atomic E-state index is 14.5. The molecule has 2 saturated heterocycles. The average Bonchev–Trinajstić information content (AvgIpc) is 1.58. The molecule has 2 atom stereocenters. The van der Waals surface area contributed by atoms with Crippen LogP contribution in [0.2, 0.25) is 0 Å². The SMILES string of the molecule is COCCOc1ccc(N2CCN(C(=O)[C@@H](c3ccccc3OC)n3ncc4c3nc(N)n3nc(-c5ccco5)nc43)CC2)cc1.COCCOc1ccc(N2CCN(C(=O)[C@H](c3ccccc3OC)n3ncc4c3nc(N)n3nc(-c5ccco5)nc43)CC2)cc1. The van der Waals surface area contributed by atoms with Gasteiger partial charge < -0.3 is 68.3 Å². The monoisotopic (exact) mass is 1250 g/mol. The van der Waals surface area contributed by atoms with Gasteiger partial charge in [-0.15, -0.1) is 10.2 Å². The standard InChI is InChI=1S/2C32H33N9O5/c2*1-43-18-19-45-22-11-9-21(10-12-22)38-13-15-39(16-14-38)31(42)27(23-6-3-4-7-25(23)44-2)40-30-24(20-34-40)29-35-28(26-8-5-17-46-26)37-41(29)32(33)36-30/h2*3-12,17,20,27H,13-16,18-19H2,1-2H3,(H2,33,36)/t2*27-/m10/s1. The summed E-state index contributed by atoms with van der Waals surface area (Å²) in [5, 5.41) is 19.5. The van der Waals surface area contributed by atoms with Crippen LogP contribution in [0.1, 0.15) is 23.2 Å². The summed E-state index contributed by atoms with van der Waals surface area (Å²) in [5.74, 6) is 4.36. The number of benzene rings is 4. The molecule has 472 valence electrons. The lowest BCUT2D eigenvalue weighted by Gasteiger charge is -2.37. The molecule has 8 aromatic heterocycles. The molecule has 2 fully saturated rings. The Labute approximate surface area is 526 Å². The van der Waals surface area contributed by atoms with Crippen molar-refractivity contribution in [2.75, 3.05) is 128 Å². The van der Waals surface area contributed by atoms with Gasteiger partial charge in [-0.2, -0.15) is 29.2 Å². The molecule has 0 radical (unpaired) electrons. The number of aromatic nitrogens is 12. The van der Waals surface area contributed by atoms with Crippen molar-refractivity contribution < 1.29 is 46.8 Å². The van der Waals surface area contributed by atoms with Gasteiger partial charge >= 0.3 is 0 Å². The van der Waals surface area contributed by atoms with Crippen LogP contribution in [0.5, 0.6) is 23.0 Å². The number of amides is 2. The maximum Gasteiger partial charge on any atom is 0.252 e. The van der Waals surface area contributed by atoms with E-state index in [4.69, 9.17) is 48.7 Å². The van der Waals surface area contributed by atoms with Gasteiger partial charge in [0.2, 0.25) is 23.5 Å². The quantitative estimate of drug-likeness (QED) is 0.0762. The Morgan fingerprint density at radius 3 is 1.25 bits per heavy atom. The van der Waals surface area contributed by atoms with Crippen LogP contribution in [0.25, 0.3) is 56.5 Å². The van der Waals surface area contributed by atoms with Gasteiger partial charge in [-0.05, 0) is 84.9 Å². The van der Waals surface area contributed by atoms with Gasteiger partial charge in [0.05, 0.1) is 63.1 Å². The number of nitrogens with zero attached hydrogens (tertiary/aromatic N) is 16. The highest BCUT2D eigenvalue weighted by molar-refractivity contribution is 5.94. The summed E-state index contributed by atoms with van der Waals surface area (Å²) in [6, 6.07) is 36.1. The minimum Gasteiger partial charge on any atom is -0.496 e. The molecule has 28 heteroatoms. The fourth-order valence-electron chi connectivity index (χ4n) is 11.5. The first kappa shape index (κ1) is 59.7. The number of rotatable bonds is 20. The molecule has 4 N–H and O–H groups in total. The van der Waals surface area contributed by atoms with Crippen LogP contribution in [-0.4, -0.2) is 188 Å². The van der Waals surface area contributed by atoms with Gasteiger partial charge in [0.25, 0.3) is 11.8 Å². The summed E-state index contributed by atoms with van der Waals surface area (Å²) in [4.78, 5) is 55.8. The molecule has 14 rings (SSSR count). The molecule has 12 aromatic rings. The van der Waals surface area contributed by atoms with Gasteiger partial charge in [-0.1, -0.05) is 36.4 Å². The Morgan fingerprint density at radius 1 is 0.478 bits per heavy atom. The number of hydrogen-bond acceptors (Lipinski definition) is 22. The summed E-state index contributed by atoms with van der Waals surface area (Å²) in [5.41, 5.74) is 17.9. The highest BCUT2D eigenvalue weighted by Gasteiger charge is 2.37. The van der Waals surface area contributed by atoms with Crippen molar-refractivity contribution >= 4 is 68.4 Å². The van der Waals surface area contributed by atoms with Crippen molar-refractivity contribution in [2.45, 2.75) is 12.1 Å². The van der Waals surface area contributed by atoms with E-state index in [1.807, 2.05) is 107 Å². The minimum atomic E-state index is -0.870. The molecule has 0 saturated carbocycles. The summed E-state index contributed by atoms with van der Waals surface area (Å²) in [7, 11) is 6.46. The van der Waals surface area contributed by atoms with E-state index in [2.05, 4.69) is 50.1 Å². The minimum absolute atomic E-state index is 0.101. The lowest BCUT2D eigenvalue weighted by Crippen LogP contribution is -2.51. The molecule has 0 aliphatic carbocycles. The van der Waals surface area contributed by atoms with E-state index in [0.717, 1.165) is 22.9 Å². The highest BCUT2D eigenvalue weighted by Crippen LogP contribution is 2.36. The molecule has 10 heterocycles. The van der Waals surface area contributed by atoms with Gasteiger partial charge in [0.1, 0.15) is 36.2 Å². The predicted molar refractivity (Wildman–Crippen MR) is 340 cm³/mol. The number of nitrogens with two attached hydrogens (primary N) is 2. The number of methoxy groups -OCH3 is 4. The Bertz CT molecular complexity index is 4210. The Hall–Kier alpha value is -11.3. The summed E-state index contributed by atoms with van der Waals surface area (Å²) < 4.78 is 50.0. The summed E-state index contributed by atoms with van der Waals surface area (Å²) in [6.45, 7) is 6.78. The van der Waals surface area contributed by atoms with E-state index in [-0.39, 0.29) is 23.7 Å². The number of para-hydroxylation sites is 2. The number of furan rings is 2. The van der Waals surface area contributed by atoms with Crippen molar-refractivity contribution in [3.05, 3.63) is 157 Å². The van der Waals surface area contributed by atoms with E-state index in [0.29, 0.717) is 158 Å². The number of carbonyl (C=O) groups excluding carboxylic acids is 2. The molecule has 0 spiro atoms. The molecular formula is C64H66N18O10. The van der Waals surface area contributed by atoms with Crippen molar-refractivity contribution in [3.8, 4) is 46.2 Å². The first-order valence-electron chi connectivity index (χ1n) is 29.7. The molecule has 28 nitrogen and oxygen atoms in total. The maximum absolute atomic E-state index is 14.5. The Balaban J connectivity index is 0.000000168. The van der Waals surface area contributed by atoms with Crippen LogP contribution in [-0.2, 0) is 19.1 Å². The second kappa shape index (κ2) is 26.4. The zero-order valence-corrected chi connectivity index (χ0v) is 50.9. The van der Waals surface area contributed by atoms with Crippen LogP contribution >= 0.6 is 0 Å². The molecule has 92 heavy (non-hydrogen) atoms. The lowest BCUT2D eigenvalue weighted by atomic mass is 10.0. The normalized spacial score (nSPS) is 14.2. The average molecular weight is 1250 g/mol. The van der Waals surface area contributed by atoms with E-state index in [1.165, 1.54) is 9.03 Å². The third-order valence-corrected chi connectivity index (χ3v) is 16.1. The van der Waals surface area contributed by atoms with Gasteiger partial charge in [0.15, 0.2) is 46.2 Å². The number of ether oxygens (including phenoxy) is 6. The predicted octanol–water partition coefficient (Wildman–Crippen LogP) is 6.58. The van der Waals surface area contributed by atoms with Crippen molar-refractivity contribution in [1.82, 2.24) is 68.5 Å². The van der Waals surface area contributed by atoms with E-state index in [9.17, 15) is 9.59 Å². The number of piperazine rings is 2. The van der Waals surface area contributed by atoms with Crippen molar-refractivity contribution in [2.24, 2.45) is 0 Å². The number of fused-ring (bicyclic) bond motifs is 6. The Kier molecular flexibility index (Phi) is 17.2. The van der Waals surface area contributed by atoms with E-state index in [1.54, 1.807) is 87.0 Å². The number of hydrogen-bond donors (Lipinski definition) is 2. The number of nitrogen functional groups attached to an aromatic ring is 2. The second-order valence-electron chi connectivity index (χ2n) is 21.5. The van der Waals surface area contributed by atoms with Crippen LogP contribution < -0.4 is 40.2 Å². The molecule has 2 aliphatic rings. The lowest BCUT2D eigenvalue weighted by molar-refractivity contribution is -0.134. The zero-order chi connectivity index (χ0) is 63.2. The first-order valence-corrected chi connectivity index (χ1v) is 29.7. The van der Waals surface area contributed by atoms with Crippen LogP contribution in [0.3, 0.4) is 0 Å². The van der Waals surface area contributed by atoms with Crippen LogP contribution in [0.4, 0.5) is 23.3 Å². The first-order chi connectivity index (χ1) is 45.1. The number of anilines is 4. The molecular weight excluding hydrogens is 1180 g/mol. The van der Waals surface area contributed by atoms with E-state index >= 15 is 0 Å². The molecule has 0 bridgehead atoms. The third-order valence-electron chi connectivity index (χ3n) is 16.1. The summed E-state index contributed by atoms with van der Waals surface area (Å²) >= 11 is 0. The highest BCUT2D eigenvalue weighted by atomic mass is 16.5. The summed E-state index contributed by atoms with van der Waals surface area (Å²) in [6.07, 6.45) is 6.37. The van der Waals surface area contributed by atoms with Crippen LogP contribution in [0.15, 0.2) is 155 Å². The van der Waals surface area contributed by atoms with Crippen molar-refractivity contribution in [1.29, 1.82) is 0 Å². The third kappa shape index (κ3) is 11.8.